The molecule has 0 aliphatic rings. The lowest BCUT2D eigenvalue weighted by atomic mass is 10.1. The van der Waals surface area contributed by atoms with Crippen molar-refractivity contribution in [1.29, 1.82) is 0 Å². The molecular formula is C15H12F2N2O2. The zero-order chi connectivity index (χ0) is 15.4. The van der Waals surface area contributed by atoms with Crippen molar-refractivity contribution in [1.82, 2.24) is 5.32 Å². The SMILES string of the molecule is NC(=O)[C@@H](NC(=O)c1ccc(F)cc1F)c1ccccc1. The second-order valence-corrected chi connectivity index (χ2v) is 4.34. The summed E-state index contributed by atoms with van der Waals surface area (Å²) in [5.41, 5.74) is 5.36. The van der Waals surface area contributed by atoms with Gasteiger partial charge in [-0.05, 0) is 17.7 Å². The topological polar surface area (TPSA) is 72.2 Å². The second kappa shape index (κ2) is 6.13. The molecule has 108 valence electrons. The van der Waals surface area contributed by atoms with Gasteiger partial charge in [-0.3, -0.25) is 9.59 Å². The molecule has 1 atom stereocenters. The predicted octanol–water partition coefficient (Wildman–Crippen LogP) is 1.92. The third-order valence-corrected chi connectivity index (χ3v) is 2.87. The number of nitrogens with two attached hydrogens (primary N) is 1. The van der Waals surface area contributed by atoms with Gasteiger partial charge in [0.25, 0.3) is 5.91 Å². The van der Waals surface area contributed by atoms with E-state index in [9.17, 15) is 18.4 Å². The lowest BCUT2D eigenvalue weighted by molar-refractivity contribution is -0.120. The van der Waals surface area contributed by atoms with Gasteiger partial charge in [0.05, 0.1) is 5.56 Å². The van der Waals surface area contributed by atoms with Crippen molar-refractivity contribution < 1.29 is 18.4 Å². The van der Waals surface area contributed by atoms with Gasteiger partial charge in [0.1, 0.15) is 17.7 Å². The van der Waals surface area contributed by atoms with Crippen LogP contribution in [0.2, 0.25) is 0 Å². The minimum atomic E-state index is -1.09. The first-order valence-corrected chi connectivity index (χ1v) is 6.09. The van der Waals surface area contributed by atoms with Crippen LogP contribution in [0.25, 0.3) is 0 Å². The molecule has 0 bridgehead atoms. The maximum Gasteiger partial charge on any atom is 0.255 e. The third-order valence-electron chi connectivity index (χ3n) is 2.87. The summed E-state index contributed by atoms with van der Waals surface area (Å²) in [6, 6.07) is 9.77. The van der Waals surface area contributed by atoms with E-state index < -0.39 is 29.5 Å². The van der Waals surface area contributed by atoms with E-state index in [0.717, 1.165) is 12.1 Å². The monoisotopic (exact) mass is 290 g/mol. The Morgan fingerprint density at radius 3 is 2.29 bits per heavy atom. The molecule has 6 heteroatoms. The summed E-state index contributed by atoms with van der Waals surface area (Å²) in [6.45, 7) is 0. The molecule has 2 aromatic carbocycles. The Morgan fingerprint density at radius 1 is 1.05 bits per heavy atom. The highest BCUT2D eigenvalue weighted by molar-refractivity contribution is 5.97. The van der Waals surface area contributed by atoms with E-state index >= 15 is 0 Å². The Labute approximate surface area is 119 Å². The van der Waals surface area contributed by atoms with E-state index in [1.807, 2.05) is 0 Å². The molecule has 0 aliphatic carbocycles. The van der Waals surface area contributed by atoms with Gasteiger partial charge < -0.3 is 11.1 Å². The van der Waals surface area contributed by atoms with Crippen LogP contribution in [0, 0.1) is 11.6 Å². The van der Waals surface area contributed by atoms with Crippen LogP contribution in [0.3, 0.4) is 0 Å². The molecule has 3 N–H and O–H groups in total. The molecule has 4 nitrogen and oxygen atoms in total. The van der Waals surface area contributed by atoms with E-state index in [1.165, 1.54) is 0 Å². The van der Waals surface area contributed by atoms with Crippen molar-refractivity contribution in [3.63, 3.8) is 0 Å². The van der Waals surface area contributed by atoms with Crippen LogP contribution < -0.4 is 11.1 Å². The van der Waals surface area contributed by atoms with Crippen molar-refractivity contribution in [3.8, 4) is 0 Å². The second-order valence-electron chi connectivity index (χ2n) is 4.34. The van der Waals surface area contributed by atoms with Gasteiger partial charge in [-0.15, -0.1) is 0 Å². The van der Waals surface area contributed by atoms with Crippen LogP contribution in [0.4, 0.5) is 8.78 Å². The quantitative estimate of drug-likeness (QED) is 0.903. The maximum absolute atomic E-state index is 13.5. The van der Waals surface area contributed by atoms with Crippen molar-refractivity contribution in [3.05, 3.63) is 71.3 Å². The molecule has 0 radical (unpaired) electrons. The van der Waals surface area contributed by atoms with Crippen molar-refractivity contribution in [2.24, 2.45) is 5.73 Å². The first-order valence-electron chi connectivity index (χ1n) is 6.09. The molecule has 0 saturated heterocycles. The fourth-order valence-electron chi connectivity index (χ4n) is 1.85. The van der Waals surface area contributed by atoms with Gasteiger partial charge in [0.2, 0.25) is 5.91 Å². The molecule has 21 heavy (non-hydrogen) atoms. The van der Waals surface area contributed by atoms with Crippen LogP contribution in [0.1, 0.15) is 22.0 Å². The normalized spacial score (nSPS) is 11.7. The average molecular weight is 290 g/mol. The molecular weight excluding hydrogens is 278 g/mol. The number of hydrogen-bond donors (Lipinski definition) is 2. The fraction of sp³-hybridized carbons (Fsp3) is 0.0667. The maximum atomic E-state index is 13.5. The number of halogens is 2. The number of carbonyl (C=O) groups excluding carboxylic acids is 2. The summed E-state index contributed by atoms with van der Waals surface area (Å²) in [5, 5.41) is 2.33. The van der Waals surface area contributed by atoms with E-state index in [-0.39, 0.29) is 5.56 Å². The smallest absolute Gasteiger partial charge is 0.255 e. The van der Waals surface area contributed by atoms with Crippen molar-refractivity contribution in [2.45, 2.75) is 6.04 Å². The van der Waals surface area contributed by atoms with Gasteiger partial charge in [-0.2, -0.15) is 0 Å². The Kier molecular flexibility index (Phi) is 4.27. The Bertz CT molecular complexity index is 675. The number of carbonyl (C=O) groups is 2. The largest absolute Gasteiger partial charge is 0.368 e. The fourth-order valence-corrected chi connectivity index (χ4v) is 1.85. The van der Waals surface area contributed by atoms with Crippen molar-refractivity contribution in [2.75, 3.05) is 0 Å². The van der Waals surface area contributed by atoms with Gasteiger partial charge in [0.15, 0.2) is 0 Å². The third kappa shape index (κ3) is 3.42. The number of nitrogens with one attached hydrogen (secondary N) is 1. The lowest BCUT2D eigenvalue weighted by Gasteiger charge is -2.16. The number of benzene rings is 2. The van der Waals surface area contributed by atoms with E-state index in [2.05, 4.69) is 5.32 Å². The van der Waals surface area contributed by atoms with Crippen LogP contribution in [-0.4, -0.2) is 11.8 Å². The zero-order valence-corrected chi connectivity index (χ0v) is 10.8. The molecule has 0 unspecified atom stereocenters. The molecule has 0 spiro atoms. The highest BCUT2D eigenvalue weighted by Gasteiger charge is 2.22. The summed E-state index contributed by atoms with van der Waals surface area (Å²) < 4.78 is 26.4. The van der Waals surface area contributed by atoms with Crippen molar-refractivity contribution >= 4 is 11.8 Å². The summed E-state index contributed by atoms with van der Waals surface area (Å²) >= 11 is 0. The lowest BCUT2D eigenvalue weighted by Crippen LogP contribution is -2.37. The molecule has 0 fully saturated rings. The highest BCUT2D eigenvalue weighted by atomic mass is 19.1. The van der Waals surface area contributed by atoms with Crippen LogP contribution in [0.5, 0.6) is 0 Å². The van der Waals surface area contributed by atoms with Gasteiger partial charge in [-0.1, -0.05) is 30.3 Å². The number of hydrogen-bond acceptors (Lipinski definition) is 2. The van der Waals surface area contributed by atoms with Gasteiger partial charge >= 0.3 is 0 Å². The van der Waals surface area contributed by atoms with Crippen LogP contribution >= 0.6 is 0 Å². The Morgan fingerprint density at radius 2 is 1.71 bits per heavy atom. The Hall–Kier alpha value is -2.76. The van der Waals surface area contributed by atoms with E-state index in [4.69, 9.17) is 5.73 Å². The van der Waals surface area contributed by atoms with E-state index in [1.54, 1.807) is 30.3 Å². The van der Waals surface area contributed by atoms with Crippen LogP contribution in [-0.2, 0) is 4.79 Å². The summed E-state index contributed by atoms with van der Waals surface area (Å²) in [7, 11) is 0. The molecule has 0 aromatic heterocycles. The predicted molar refractivity (Wildman–Crippen MR) is 72.2 cm³/mol. The molecule has 0 aliphatic heterocycles. The number of rotatable bonds is 4. The molecule has 0 heterocycles. The molecule has 2 amide bonds. The number of amides is 2. The summed E-state index contributed by atoms with van der Waals surface area (Å²) in [6.07, 6.45) is 0. The van der Waals surface area contributed by atoms with Gasteiger partial charge in [0, 0.05) is 6.07 Å². The minimum Gasteiger partial charge on any atom is -0.368 e. The first kappa shape index (κ1) is 14.6. The summed E-state index contributed by atoms with van der Waals surface area (Å²) in [5.74, 6) is -3.43. The standard InChI is InChI=1S/C15H12F2N2O2/c16-10-6-7-11(12(17)8-10)15(21)19-13(14(18)20)9-4-2-1-3-5-9/h1-8,13H,(H2,18,20)(H,19,21)/t13-/m0/s1. The highest BCUT2D eigenvalue weighted by Crippen LogP contribution is 2.15. The first-order chi connectivity index (χ1) is 9.99. The van der Waals surface area contributed by atoms with Gasteiger partial charge in [-0.25, -0.2) is 8.78 Å². The molecule has 0 saturated carbocycles. The minimum absolute atomic E-state index is 0.362. The average Bonchev–Trinajstić information content (AvgIpc) is 2.45. The molecule has 2 aromatic rings. The summed E-state index contributed by atoms with van der Waals surface area (Å²) in [4.78, 5) is 23.4. The number of primary amides is 1. The van der Waals surface area contributed by atoms with E-state index in [0.29, 0.717) is 11.6 Å². The Balaban J connectivity index is 2.25. The molecule has 2 rings (SSSR count). The van der Waals surface area contributed by atoms with Crippen LogP contribution in [0.15, 0.2) is 48.5 Å². The zero-order valence-electron chi connectivity index (χ0n) is 10.8.